The van der Waals surface area contributed by atoms with E-state index in [0.717, 1.165) is 10.0 Å². The lowest BCUT2D eigenvalue weighted by Gasteiger charge is -2.36. The number of H-pyrrole nitrogens is 1. The van der Waals surface area contributed by atoms with Crippen molar-refractivity contribution in [2.75, 3.05) is 39.8 Å². The number of aliphatic imine (C=N–C) groups is 1. The van der Waals surface area contributed by atoms with E-state index in [4.69, 9.17) is 9.47 Å². The second-order valence-electron chi connectivity index (χ2n) is 9.90. The van der Waals surface area contributed by atoms with Gasteiger partial charge in [0.15, 0.2) is 0 Å². The summed E-state index contributed by atoms with van der Waals surface area (Å²) in [4.78, 5) is 50.0. The number of ketones is 1. The highest BCUT2D eigenvalue weighted by Gasteiger charge is 2.30. The van der Waals surface area contributed by atoms with Crippen LogP contribution in [0.2, 0.25) is 0 Å². The van der Waals surface area contributed by atoms with Crippen LogP contribution in [0.25, 0.3) is 10.9 Å². The average Bonchev–Trinajstić information content (AvgIpc) is 3.34. The third-order valence-corrected chi connectivity index (χ3v) is 6.74. The Balaban J connectivity index is 1.49. The Morgan fingerprint density at radius 2 is 1.66 bits per heavy atom. The first kappa shape index (κ1) is 27.4. The first-order valence-corrected chi connectivity index (χ1v) is 13.1. The smallest absolute Gasteiger partial charge is 0.328 e. The van der Waals surface area contributed by atoms with Gasteiger partial charge in [-0.05, 0) is 48.8 Å². The number of benzene rings is 2. The second-order valence-corrected chi connectivity index (χ2v) is 10.8. The molecule has 1 saturated heterocycles. The van der Waals surface area contributed by atoms with E-state index < -0.39 is 23.3 Å². The fourth-order valence-electron chi connectivity index (χ4n) is 4.39. The van der Waals surface area contributed by atoms with Gasteiger partial charge in [-0.1, -0.05) is 30.3 Å². The molecule has 0 atom stereocenters. The molecule has 1 fully saturated rings. The van der Waals surface area contributed by atoms with Gasteiger partial charge < -0.3 is 24.3 Å². The molecule has 1 aromatic heterocycles. The Morgan fingerprint density at radius 1 is 1.00 bits per heavy atom. The largest absolute Gasteiger partial charge is 0.496 e. The molecule has 3 aromatic rings. The van der Waals surface area contributed by atoms with Crippen LogP contribution in [-0.4, -0.2) is 83.7 Å². The first-order chi connectivity index (χ1) is 18.1. The standard InChI is InChI=1S/C28H31BrN4O5/c1-28(2,3)38-22(34)17-31-26(18-8-6-5-7-9-18)32-12-14-33(15-13-32)27(36)25(35)19-16-30-24-20(29)10-11-21(37-4)23(19)24/h5-11,16,30H,12-15,17H2,1-4H3. The molecule has 1 N–H and O–H groups in total. The van der Waals surface area contributed by atoms with Gasteiger partial charge in [0.25, 0.3) is 11.7 Å². The summed E-state index contributed by atoms with van der Waals surface area (Å²) in [5, 5.41) is 0.569. The van der Waals surface area contributed by atoms with E-state index in [0.29, 0.717) is 48.7 Å². The molecule has 1 aliphatic rings. The number of hydrogen-bond donors (Lipinski definition) is 1. The number of carbonyl (C=O) groups excluding carboxylic acids is 3. The van der Waals surface area contributed by atoms with E-state index in [1.165, 1.54) is 7.11 Å². The van der Waals surface area contributed by atoms with E-state index in [9.17, 15) is 14.4 Å². The van der Waals surface area contributed by atoms with Crippen LogP contribution in [0.15, 0.2) is 58.1 Å². The molecule has 4 rings (SSSR count). The minimum atomic E-state index is -0.594. The van der Waals surface area contributed by atoms with E-state index in [1.807, 2.05) is 62.1 Å². The van der Waals surface area contributed by atoms with Crippen molar-refractivity contribution in [2.45, 2.75) is 26.4 Å². The van der Waals surface area contributed by atoms with Crippen LogP contribution < -0.4 is 4.74 Å². The second kappa shape index (κ2) is 11.4. The number of Topliss-reactive ketones (excluding diaryl/α,β-unsaturated/α-hetero) is 1. The van der Waals surface area contributed by atoms with Gasteiger partial charge in [0.1, 0.15) is 23.7 Å². The SMILES string of the molecule is COc1ccc(Br)c2[nH]cc(C(=O)C(=O)N3CCN(C(=NCC(=O)OC(C)(C)C)c4ccccc4)CC3)c12. The third kappa shape index (κ3) is 6.07. The Bertz CT molecular complexity index is 1370. The van der Waals surface area contributed by atoms with Crippen LogP contribution in [0.4, 0.5) is 0 Å². The van der Waals surface area contributed by atoms with E-state index in [-0.39, 0.29) is 12.1 Å². The van der Waals surface area contributed by atoms with Crippen molar-refractivity contribution in [1.82, 2.24) is 14.8 Å². The Labute approximate surface area is 229 Å². The number of aromatic nitrogens is 1. The molecule has 1 amide bonds. The summed E-state index contributed by atoms with van der Waals surface area (Å²) in [7, 11) is 1.53. The number of methoxy groups -OCH3 is 1. The molecule has 0 saturated carbocycles. The van der Waals surface area contributed by atoms with Crippen molar-refractivity contribution in [2.24, 2.45) is 4.99 Å². The molecule has 200 valence electrons. The van der Waals surface area contributed by atoms with Crippen molar-refractivity contribution < 1.29 is 23.9 Å². The summed E-state index contributed by atoms with van der Waals surface area (Å²) in [6.07, 6.45) is 1.55. The lowest BCUT2D eigenvalue weighted by molar-refractivity contribution is -0.152. The van der Waals surface area contributed by atoms with Crippen LogP contribution >= 0.6 is 15.9 Å². The van der Waals surface area contributed by atoms with Crippen LogP contribution in [0.3, 0.4) is 0 Å². The summed E-state index contributed by atoms with van der Waals surface area (Å²) in [6, 6.07) is 13.2. The van der Waals surface area contributed by atoms with Crippen molar-refractivity contribution >= 4 is 50.3 Å². The number of ether oxygens (including phenoxy) is 2. The number of halogens is 1. The molecule has 0 spiro atoms. The molecule has 10 heteroatoms. The molecule has 0 aliphatic carbocycles. The predicted octanol–water partition coefficient (Wildman–Crippen LogP) is 4.05. The van der Waals surface area contributed by atoms with Crippen LogP contribution in [0.1, 0.15) is 36.7 Å². The normalized spacial score (nSPS) is 14.5. The lowest BCUT2D eigenvalue weighted by Crippen LogP contribution is -2.52. The highest BCUT2D eigenvalue weighted by Crippen LogP contribution is 2.34. The number of hydrogen-bond acceptors (Lipinski definition) is 6. The molecule has 9 nitrogen and oxygen atoms in total. The van der Waals surface area contributed by atoms with Crippen LogP contribution in [-0.2, 0) is 14.3 Å². The lowest BCUT2D eigenvalue weighted by atomic mass is 10.1. The number of nitrogens with zero attached hydrogens (tertiary/aromatic N) is 3. The van der Waals surface area contributed by atoms with Gasteiger partial charge >= 0.3 is 5.97 Å². The van der Waals surface area contributed by atoms with Crippen LogP contribution in [0, 0.1) is 0 Å². The maximum absolute atomic E-state index is 13.3. The van der Waals surface area contributed by atoms with Gasteiger partial charge in [0, 0.05) is 42.4 Å². The maximum atomic E-state index is 13.3. The molecule has 0 radical (unpaired) electrons. The van der Waals surface area contributed by atoms with Gasteiger partial charge in [-0.15, -0.1) is 0 Å². The molecular formula is C28H31BrN4O5. The van der Waals surface area contributed by atoms with Gasteiger partial charge in [-0.25, -0.2) is 0 Å². The summed E-state index contributed by atoms with van der Waals surface area (Å²) in [5.74, 6) is -0.408. The zero-order valence-corrected chi connectivity index (χ0v) is 23.5. The number of nitrogens with one attached hydrogen (secondary N) is 1. The molecular weight excluding hydrogens is 552 g/mol. The van der Waals surface area contributed by atoms with E-state index >= 15 is 0 Å². The minimum absolute atomic E-state index is 0.114. The molecule has 2 heterocycles. The fourth-order valence-corrected chi connectivity index (χ4v) is 4.83. The average molecular weight is 583 g/mol. The molecule has 38 heavy (non-hydrogen) atoms. The highest BCUT2D eigenvalue weighted by atomic mass is 79.9. The van der Waals surface area contributed by atoms with Crippen molar-refractivity contribution in [3.63, 3.8) is 0 Å². The van der Waals surface area contributed by atoms with Gasteiger partial charge in [-0.2, -0.15) is 0 Å². The highest BCUT2D eigenvalue weighted by molar-refractivity contribution is 9.10. The number of esters is 1. The molecule has 0 bridgehead atoms. The van der Waals surface area contributed by atoms with Crippen molar-refractivity contribution in [3.05, 3.63) is 64.3 Å². The first-order valence-electron chi connectivity index (χ1n) is 12.3. The number of fused-ring (bicyclic) bond motifs is 1. The number of aromatic amines is 1. The maximum Gasteiger partial charge on any atom is 0.328 e. The fraction of sp³-hybridized carbons (Fsp3) is 0.357. The predicted molar refractivity (Wildman–Crippen MR) is 149 cm³/mol. The molecule has 2 aromatic carbocycles. The number of piperazine rings is 1. The Kier molecular flexibility index (Phi) is 8.20. The quantitative estimate of drug-likeness (QED) is 0.154. The molecule has 0 unspecified atom stereocenters. The topological polar surface area (TPSA) is 104 Å². The molecule has 1 aliphatic heterocycles. The number of carbonyl (C=O) groups is 3. The minimum Gasteiger partial charge on any atom is -0.496 e. The summed E-state index contributed by atoms with van der Waals surface area (Å²) in [6.45, 7) is 6.93. The van der Waals surface area contributed by atoms with Gasteiger partial charge in [0.05, 0.1) is 23.6 Å². The number of rotatable bonds is 6. The summed E-state index contributed by atoms with van der Waals surface area (Å²) in [5.41, 5.74) is 1.24. The van der Waals surface area contributed by atoms with Crippen molar-refractivity contribution in [1.29, 1.82) is 0 Å². The Hall–Kier alpha value is -3.66. The van der Waals surface area contributed by atoms with E-state index in [2.05, 4.69) is 25.9 Å². The van der Waals surface area contributed by atoms with Gasteiger partial charge in [-0.3, -0.25) is 19.4 Å². The Morgan fingerprint density at radius 3 is 2.29 bits per heavy atom. The van der Waals surface area contributed by atoms with Gasteiger partial charge in [0.2, 0.25) is 0 Å². The summed E-state index contributed by atoms with van der Waals surface area (Å²) >= 11 is 3.47. The van der Waals surface area contributed by atoms with Crippen LogP contribution in [0.5, 0.6) is 5.75 Å². The monoisotopic (exact) mass is 582 g/mol. The number of amidine groups is 1. The third-order valence-electron chi connectivity index (χ3n) is 6.08. The van der Waals surface area contributed by atoms with E-state index in [1.54, 1.807) is 17.2 Å². The van der Waals surface area contributed by atoms with Crippen molar-refractivity contribution in [3.8, 4) is 5.75 Å². The summed E-state index contributed by atoms with van der Waals surface area (Å²) < 4.78 is 11.6. The number of amides is 1. The zero-order chi connectivity index (χ0) is 27.4. The zero-order valence-electron chi connectivity index (χ0n) is 21.9.